The second-order valence-electron chi connectivity index (χ2n) is 5.71. The van der Waals surface area contributed by atoms with Gasteiger partial charge in [-0.25, -0.2) is 9.50 Å². The minimum absolute atomic E-state index is 0.171. The van der Waals surface area contributed by atoms with E-state index in [1.54, 1.807) is 6.07 Å². The number of hydrogen-bond donors (Lipinski definition) is 0. The summed E-state index contributed by atoms with van der Waals surface area (Å²) in [7, 11) is 0. The molecule has 4 aromatic rings. The quantitative estimate of drug-likeness (QED) is 0.509. The van der Waals surface area contributed by atoms with Gasteiger partial charge in [-0.15, -0.1) is 11.3 Å². The lowest BCUT2D eigenvalue weighted by Gasteiger charge is -2.09. The summed E-state index contributed by atoms with van der Waals surface area (Å²) in [4.78, 5) is 4.82. The number of thiophene rings is 1. The molecule has 0 atom stereocenters. The monoisotopic (exact) mass is 362 g/mol. The van der Waals surface area contributed by atoms with Crippen molar-refractivity contribution in [1.29, 1.82) is 0 Å². The van der Waals surface area contributed by atoms with Gasteiger partial charge >= 0.3 is 6.18 Å². The van der Waals surface area contributed by atoms with Gasteiger partial charge in [-0.1, -0.05) is 0 Å². The molecule has 0 aromatic carbocycles. The maximum absolute atomic E-state index is 13.2. The van der Waals surface area contributed by atoms with Crippen molar-refractivity contribution in [1.82, 2.24) is 19.2 Å². The van der Waals surface area contributed by atoms with Crippen LogP contribution in [0.5, 0.6) is 0 Å². The lowest BCUT2D eigenvalue weighted by Crippen LogP contribution is -2.12. The standard InChI is InChI=1S/C17H13F3N4S/c1-10-3-4-11(2)23(10)13-6-8-25-16(13)12-9-15-21-7-5-14(17(18,19)20)24(15)22-12/h3-9H,1-2H3. The van der Waals surface area contributed by atoms with E-state index in [4.69, 9.17) is 0 Å². The van der Waals surface area contributed by atoms with Gasteiger partial charge in [-0.2, -0.15) is 18.3 Å². The zero-order chi connectivity index (χ0) is 17.8. The molecule has 0 radical (unpaired) electrons. The normalized spacial score (nSPS) is 12.2. The largest absolute Gasteiger partial charge is 0.433 e. The molecule has 128 valence electrons. The van der Waals surface area contributed by atoms with Crippen LogP contribution in [-0.4, -0.2) is 19.2 Å². The molecule has 0 N–H and O–H groups in total. The Morgan fingerprint density at radius 1 is 1.04 bits per heavy atom. The van der Waals surface area contributed by atoms with E-state index in [9.17, 15) is 13.2 Å². The molecule has 4 rings (SSSR count). The SMILES string of the molecule is Cc1ccc(C)n1-c1ccsc1-c1cc2nccc(C(F)(F)F)n2n1. The van der Waals surface area contributed by atoms with Crippen LogP contribution in [-0.2, 0) is 6.18 Å². The van der Waals surface area contributed by atoms with Crippen LogP contribution in [0.25, 0.3) is 21.9 Å². The molecule has 0 spiro atoms. The van der Waals surface area contributed by atoms with Crippen LogP contribution in [0.2, 0.25) is 0 Å². The molecule has 4 heterocycles. The number of halogens is 3. The smallest absolute Gasteiger partial charge is 0.317 e. The van der Waals surface area contributed by atoms with E-state index in [-0.39, 0.29) is 5.65 Å². The number of aryl methyl sites for hydroxylation is 2. The summed E-state index contributed by atoms with van der Waals surface area (Å²) in [5, 5.41) is 6.09. The van der Waals surface area contributed by atoms with Crippen LogP contribution in [0.1, 0.15) is 17.1 Å². The van der Waals surface area contributed by atoms with Gasteiger partial charge in [0.05, 0.1) is 10.6 Å². The summed E-state index contributed by atoms with van der Waals surface area (Å²) in [5.74, 6) is 0. The first kappa shape index (κ1) is 15.9. The van der Waals surface area contributed by atoms with Gasteiger partial charge in [-0.3, -0.25) is 0 Å². The molecular formula is C17H13F3N4S. The van der Waals surface area contributed by atoms with Crippen molar-refractivity contribution in [3.8, 4) is 16.3 Å². The first-order valence-electron chi connectivity index (χ1n) is 7.51. The highest BCUT2D eigenvalue weighted by Gasteiger charge is 2.34. The van der Waals surface area contributed by atoms with E-state index < -0.39 is 11.9 Å². The third kappa shape index (κ3) is 2.53. The zero-order valence-corrected chi connectivity index (χ0v) is 14.2. The molecule has 0 unspecified atom stereocenters. The van der Waals surface area contributed by atoms with E-state index in [0.717, 1.165) is 38.7 Å². The van der Waals surface area contributed by atoms with E-state index >= 15 is 0 Å². The van der Waals surface area contributed by atoms with Crippen molar-refractivity contribution in [3.63, 3.8) is 0 Å². The maximum atomic E-state index is 13.2. The molecule has 4 nitrogen and oxygen atoms in total. The van der Waals surface area contributed by atoms with Gasteiger partial charge in [-0.05, 0) is 43.5 Å². The molecular weight excluding hydrogens is 349 g/mol. The van der Waals surface area contributed by atoms with E-state index in [1.807, 2.05) is 37.4 Å². The molecule has 4 aromatic heterocycles. The second kappa shape index (κ2) is 5.45. The molecule has 0 aliphatic rings. The highest BCUT2D eigenvalue weighted by atomic mass is 32.1. The molecule has 0 aliphatic heterocycles. The van der Waals surface area contributed by atoms with Gasteiger partial charge in [0.15, 0.2) is 5.65 Å². The van der Waals surface area contributed by atoms with E-state index in [0.29, 0.717) is 5.69 Å². The van der Waals surface area contributed by atoms with Crippen molar-refractivity contribution in [3.05, 3.63) is 59.0 Å². The average Bonchev–Trinajstić information content (AvgIpc) is 3.23. The molecule has 0 saturated carbocycles. The predicted octanol–water partition coefficient (Wildman–Crippen LogP) is 4.88. The number of aromatic nitrogens is 4. The third-order valence-corrected chi connectivity index (χ3v) is 4.96. The summed E-state index contributed by atoms with van der Waals surface area (Å²) < 4.78 is 42.5. The molecule has 0 bridgehead atoms. The summed E-state index contributed by atoms with van der Waals surface area (Å²) in [6.07, 6.45) is -3.34. The van der Waals surface area contributed by atoms with Crippen LogP contribution in [0.15, 0.2) is 41.9 Å². The Hall–Kier alpha value is -2.61. The first-order chi connectivity index (χ1) is 11.9. The van der Waals surface area contributed by atoms with Gasteiger partial charge < -0.3 is 4.57 Å². The molecule has 25 heavy (non-hydrogen) atoms. The minimum Gasteiger partial charge on any atom is -0.317 e. The van der Waals surface area contributed by atoms with Crippen molar-refractivity contribution in [2.75, 3.05) is 0 Å². The second-order valence-corrected chi connectivity index (χ2v) is 6.63. The van der Waals surface area contributed by atoms with Gasteiger partial charge in [0.2, 0.25) is 0 Å². The van der Waals surface area contributed by atoms with E-state index in [2.05, 4.69) is 14.6 Å². The Kier molecular flexibility index (Phi) is 3.47. The van der Waals surface area contributed by atoms with Crippen molar-refractivity contribution in [2.45, 2.75) is 20.0 Å². The van der Waals surface area contributed by atoms with Gasteiger partial charge in [0.25, 0.3) is 0 Å². The van der Waals surface area contributed by atoms with E-state index in [1.165, 1.54) is 11.3 Å². The number of nitrogens with zero attached hydrogens (tertiary/aromatic N) is 4. The van der Waals surface area contributed by atoms with Crippen molar-refractivity contribution in [2.24, 2.45) is 0 Å². The highest BCUT2D eigenvalue weighted by molar-refractivity contribution is 7.14. The fraction of sp³-hybridized carbons (Fsp3) is 0.176. The predicted molar refractivity (Wildman–Crippen MR) is 90.1 cm³/mol. The lowest BCUT2D eigenvalue weighted by atomic mass is 10.3. The highest BCUT2D eigenvalue weighted by Crippen LogP contribution is 2.35. The molecule has 8 heteroatoms. The first-order valence-corrected chi connectivity index (χ1v) is 8.39. The zero-order valence-electron chi connectivity index (χ0n) is 13.4. The Bertz CT molecular complexity index is 1050. The Labute approximate surface area is 145 Å². The van der Waals surface area contributed by atoms with Crippen LogP contribution < -0.4 is 0 Å². The number of alkyl halides is 3. The Morgan fingerprint density at radius 2 is 1.76 bits per heavy atom. The van der Waals surface area contributed by atoms with Crippen LogP contribution >= 0.6 is 11.3 Å². The lowest BCUT2D eigenvalue weighted by molar-refractivity contribution is -0.142. The minimum atomic E-state index is -4.49. The van der Waals surface area contributed by atoms with Crippen LogP contribution in [0.3, 0.4) is 0 Å². The molecule has 0 aliphatic carbocycles. The average molecular weight is 362 g/mol. The van der Waals surface area contributed by atoms with Crippen LogP contribution in [0, 0.1) is 13.8 Å². The Balaban J connectivity index is 1.92. The maximum Gasteiger partial charge on any atom is 0.433 e. The number of hydrogen-bond acceptors (Lipinski definition) is 3. The van der Waals surface area contributed by atoms with Gasteiger partial charge in [0, 0.05) is 23.7 Å². The molecule has 0 saturated heterocycles. The summed E-state index contributed by atoms with van der Waals surface area (Å²) in [6.45, 7) is 3.98. The molecule has 0 amide bonds. The number of fused-ring (bicyclic) bond motifs is 1. The summed E-state index contributed by atoms with van der Waals surface area (Å²) >= 11 is 1.44. The summed E-state index contributed by atoms with van der Waals surface area (Å²) in [5.41, 5.74) is 2.81. The number of rotatable bonds is 2. The topological polar surface area (TPSA) is 35.1 Å². The van der Waals surface area contributed by atoms with Crippen molar-refractivity contribution < 1.29 is 13.2 Å². The van der Waals surface area contributed by atoms with Crippen molar-refractivity contribution >= 4 is 17.0 Å². The fourth-order valence-electron chi connectivity index (χ4n) is 2.94. The molecule has 0 fully saturated rings. The van der Waals surface area contributed by atoms with Gasteiger partial charge in [0.1, 0.15) is 11.4 Å². The fourth-order valence-corrected chi connectivity index (χ4v) is 3.77. The third-order valence-electron chi connectivity index (χ3n) is 4.04. The van der Waals surface area contributed by atoms with Crippen LogP contribution in [0.4, 0.5) is 13.2 Å². The Morgan fingerprint density at radius 3 is 2.44 bits per heavy atom. The summed E-state index contributed by atoms with van der Waals surface area (Å²) in [6, 6.07) is 8.47.